The number of para-hydroxylation sites is 1. The number of ether oxygens (including phenoxy) is 1. The number of carbonyl (C=O) groups excluding carboxylic acids is 1. The average molecular weight is 289 g/mol. The third-order valence-electron chi connectivity index (χ3n) is 3.97. The van der Waals surface area contributed by atoms with Crippen molar-refractivity contribution >= 4 is 5.91 Å². The van der Waals surface area contributed by atoms with Gasteiger partial charge in [0.25, 0.3) is 0 Å². The molecule has 4 heteroatoms. The maximum Gasteiger partial charge on any atom is 0.243 e. The van der Waals surface area contributed by atoms with Crippen molar-refractivity contribution in [2.75, 3.05) is 20.3 Å². The quantitative estimate of drug-likeness (QED) is 0.756. The number of methoxy groups -OCH3 is 1. The Hall–Kier alpha value is -1.81. The number of rotatable bonds is 7. The fourth-order valence-corrected chi connectivity index (χ4v) is 2.32. The highest BCUT2D eigenvalue weighted by Crippen LogP contribution is 2.44. The molecule has 4 nitrogen and oxygen atoms in total. The molecule has 1 saturated carbocycles. The number of carbonyl (C=O) groups is 1. The Morgan fingerprint density at radius 1 is 1.43 bits per heavy atom. The molecule has 21 heavy (non-hydrogen) atoms. The third-order valence-corrected chi connectivity index (χ3v) is 3.97. The van der Waals surface area contributed by atoms with E-state index in [0.717, 1.165) is 29.7 Å². The topological polar surface area (TPSA) is 58.6 Å². The largest absolute Gasteiger partial charge is 0.496 e. The van der Waals surface area contributed by atoms with Gasteiger partial charge in [0.15, 0.2) is 0 Å². The van der Waals surface area contributed by atoms with E-state index in [-0.39, 0.29) is 17.9 Å². The molecule has 0 spiro atoms. The molecule has 1 fully saturated rings. The number of amides is 1. The number of hydrogen-bond donors (Lipinski definition) is 2. The maximum absolute atomic E-state index is 11.9. The lowest BCUT2D eigenvalue weighted by Gasteiger charge is -2.12. The molecule has 0 atom stereocenters. The first-order chi connectivity index (χ1) is 10.1. The normalized spacial score (nSPS) is 16.4. The second-order valence-electron chi connectivity index (χ2n) is 5.86. The van der Waals surface area contributed by atoms with E-state index in [4.69, 9.17) is 4.74 Å². The lowest BCUT2D eigenvalue weighted by molar-refractivity contribution is -0.116. The number of hydrogen-bond acceptors (Lipinski definition) is 3. The summed E-state index contributed by atoms with van der Waals surface area (Å²) < 4.78 is 5.31. The minimum Gasteiger partial charge on any atom is -0.496 e. The molecule has 1 aromatic carbocycles. The Bertz CT molecular complexity index is 533. The molecule has 0 aliphatic heterocycles. The van der Waals surface area contributed by atoms with Gasteiger partial charge < -0.3 is 15.2 Å². The van der Waals surface area contributed by atoms with E-state index in [1.54, 1.807) is 13.2 Å². The fourth-order valence-electron chi connectivity index (χ4n) is 2.32. The standard InChI is InChI=1S/C17H23NO3/c1-13(9-14-5-3-4-6-15(14)21-2)10-16(20)18-11-17(12-19)7-8-17/h3-6,10,19H,7-9,11-12H2,1-2H3,(H,18,20)/b13-10+. The maximum atomic E-state index is 11.9. The molecular weight excluding hydrogens is 266 g/mol. The molecule has 1 amide bonds. The summed E-state index contributed by atoms with van der Waals surface area (Å²) >= 11 is 0. The van der Waals surface area contributed by atoms with Gasteiger partial charge in [-0.1, -0.05) is 23.8 Å². The SMILES string of the molecule is COc1ccccc1C/C(C)=C/C(=O)NCC1(CO)CC1. The van der Waals surface area contributed by atoms with Crippen molar-refractivity contribution in [3.05, 3.63) is 41.5 Å². The number of benzene rings is 1. The van der Waals surface area contributed by atoms with E-state index in [1.807, 2.05) is 31.2 Å². The Morgan fingerprint density at radius 3 is 2.76 bits per heavy atom. The molecule has 1 aliphatic rings. The summed E-state index contributed by atoms with van der Waals surface area (Å²) in [6, 6.07) is 7.81. The smallest absolute Gasteiger partial charge is 0.243 e. The van der Waals surface area contributed by atoms with Crippen molar-refractivity contribution in [1.82, 2.24) is 5.32 Å². The summed E-state index contributed by atoms with van der Waals surface area (Å²) in [7, 11) is 1.65. The van der Waals surface area contributed by atoms with E-state index in [1.165, 1.54) is 0 Å². The molecule has 0 unspecified atom stereocenters. The van der Waals surface area contributed by atoms with Gasteiger partial charge in [-0.2, -0.15) is 0 Å². The highest BCUT2D eigenvalue weighted by atomic mass is 16.5. The summed E-state index contributed by atoms with van der Waals surface area (Å²) in [6.45, 7) is 2.64. The zero-order chi connectivity index (χ0) is 15.3. The van der Waals surface area contributed by atoms with Crippen LogP contribution < -0.4 is 10.1 Å². The van der Waals surface area contributed by atoms with E-state index in [9.17, 15) is 9.90 Å². The molecule has 0 bridgehead atoms. The van der Waals surface area contributed by atoms with Gasteiger partial charge in [-0.25, -0.2) is 0 Å². The molecular formula is C17H23NO3. The van der Waals surface area contributed by atoms with Gasteiger partial charge in [0.1, 0.15) is 5.75 Å². The zero-order valence-corrected chi connectivity index (χ0v) is 12.7. The Balaban J connectivity index is 1.89. The number of aliphatic hydroxyl groups excluding tert-OH is 1. The van der Waals surface area contributed by atoms with Gasteiger partial charge in [0.05, 0.1) is 13.7 Å². The van der Waals surface area contributed by atoms with Crippen LogP contribution in [0.2, 0.25) is 0 Å². The van der Waals surface area contributed by atoms with Crippen LogP contribution in [-0.4, -0.2) is 31.3 Å². The van der Waals surface area contributed by atoms with Gasteiger partial charge in [0, 0.05) is 18.0 Å². The molecule has 0 aromatic heterocycles. The molecule has 2 N–H and O–H groups in total. The summed E-state index contributed by atoms with van der Waals surface area (Å²) in [5, 5.41) is 12.1. The van der Waals surface area contributed by atoms with Gasteiger partial charge in [-0.15, -0.1) is 0 Å². The molecule has 1 aromatic rings. The van der Waals surface area contributed by atoms with Crippen LogP contribution in [0, 0.1) is 5.41 Å². The molecule has 2 rings (SSSR count). The predicted octanol–water partition coefficient (Wildman–Crippen LogP) is 2.07. The first-order valence-corrected chi connectivity index (χ1v) is 7.26. The number of aliphatic hydroxyl groups is 1. The second kappa shape index (κ2) is 6.76. The van der Waals surface area contributed by atoms with Crippen LogP contribution in [0.4, 0.5) is 0 Å². The van der Waals surface area contributed by atoms with E-state index in [0.29, 0.717) is 13.0 Å². The fraction of sp³-hybridized carbons (Fsp3) is 0.471. The summed E-state index contributed by atoms with van der Waals surface area (Å²) in [4.78, 5) is 11.9. The van der Waals surface area contributed by atoms with E-state index >= 15 is 0 Å². The van der Waals surface area contributed by atoms with Crippen LogP contribution in [0.5, 0.6) is 5.75 Å². The van der Waals surface area contributed by atoms with Crippen LogP contribution >= 0.6 is 0 Å². The van der Waals surface area contributed by atoms with E-state index < -0.39 is 0 Å². The second-order valence-corrected chi connectivity index (χ2v) is 5.86. The van der Waals surface area contributed by atoms with Crippen molar-refractivity contribution in [1.29, 1.82) is 0 Å². The van der Waals surface area contributed by atoms with E-state index in [2.05, 4.69) is 5.32 Å². The molecule has 0 heterocycles. The Kier molecular flexibility index (Phi) is 5.02. The molecule has 114 valence electrons. The van der Waals surface area contributed by atoms with Crippen LogP contribution in [0.15, 0.2) is 35.9 Å². The van der Waals surface area contributed by atoms with Crippen molar-refractivity contribution in [3.8, 4) is 5.75 Å². The number of nitrogens with one attached hydrogen (secondary N) is 1. The average Bonchev–Trinajstić information content (AvgIpc) is 3.26. The van der Waals surface area contributed by atoms with Crippen molar-refractivity contribution in [2.24, 2.45) is 5.41 Å². The van der Waals surface area contributed by atoms with Gasteiger partial charge in [0.2, 0.25) is 5.91 Å². The first-order valence-electron chi connectivity index (χ1n) is 7.26. The first kappa shape index (κ1) is 15.6. The summed E-state index contributed by atoms with van der Waals surface area (Å²) in [5.41, 5.74) is 1.99. The van der Waals surface area contributed by atoms with Crippen molar-refractivity contribution in [3.63, 3.8) is 0 Å². The van der Waals surface area contributed by atoms with Crippen molar-refractivity contribution in [2.45, 2.75) is 26.2 Å². The Morgan fingerprint density at radius 2 is 2.14 bits per heavy atom. The molecule has 0 saturated heterocycles. The lowest BCUT2D eigenvalue weighted by Crippen LogP contribution is -2.30. The van der Waals surface area contributed by atoms with Crippen LogP contribution in [-0.2, 0) is 11.2 Å². The Labute approximate surface area is 125 Å². The summed E-state index contributed by atoms with van der Waals surface area (Å²) in [5.74, 6) is 0.741. The lowest BCUT2D eigenvalue weighted by atomic mass is 10.0. The summed E-state index contributed by atoms with van der Waals surface area (Å²) in [6.07, 6.45) is 4.30. The minimum atomic E-state index is -0.0953. The van der Waals surface area contributed by atoms with Gasteiger partial charge >= 0.3 is 0 Å². The van der Waals surface area contributed by atoms with Gasteiger partial charge in [-0.3, -0.25) is 4.79 Å². The van der Waals surface area contributed by atoms with Crippen molar-refractivity contribution < 1.29 is 14.6 Å². The highest BCUT2D eigenvalue weighted by molar-refractivity contribution is 5.88. The molecule has 0 radical (unpaired) electrons. The molecule has 1 aliphatic carbocycles. The highest BCUT2D eigenvalue weighted by Gasteiger charge is 2.41. The minimum absolute atomic E-state index is 0.0555. The number of allylic oxidation sites excluding steroid dienone is 1. The van der Waals surface area contributed by atoms with Crippen LogP contribution in [0.25, 0.3) is 0 Å². The monoisotopic (exact) mass is 289 g/mol. The predicted molar refractivity (Wildman–Crippen MR) is 82.2 cm³/mol. The van der Waals surface area contributed by atoms with Gasteiger partial charge in [-0.05, 0) is 37.8 Å². The van der Waals surface area contributed by atoms with Crippen LogP contribution in [0.3, 0.4) is 0 Å². The third kappa shape index (κ3) is 4.33. The zero-order valence-electron chi connectivity index (χ0n) is 12.7. The van der Waals surface area contributed by atoms with Crippen LogP contribution in [0.1, 0.15) is 25.3 Å².